The van der Waals surface area contributed by atoms with Crippen molar-refractivity contribution in [1.82, 2.24) is 4.98 Å². The van der Waals surface area contributed by atoms with Gasteiger partial charge in [-0.3, -0.25) is 14.9 Å². The maximum absolute atomic E-state index is 13.3. The summed E-state index contributed by atoms with van der Waals surface area (Å²) in [6, 6.07) is 19.2. The molecular weight excluding hydrogens is 476 g/mol. The molecule has 0 aliphatic carbocycles. The molecule has 0 aliphatic rings. The SMILES string of the molecule is COc1ccccc1-c1oc2ccccc2c(=O)c1OCC(=O)Nc1nc2ccc(Cl)cc2s1. The van der Waals surface area contributed by atoms with Crippen LogP contribution in [0.5, 0.6) is 11.5 Å². The van der Waals surface area contributed by atoms with Crippen LogP contribution >= 0.6 is 22.9 Å². The van der Waals surface area contributed by atoms with E-state index in [2.05, 4.69) is 10.3 Å². The van der Waals surface area contributed by atoms with E-state index >= 15 is 0 Å². The van der Waals surface area contributed by atoms with Crippen molar-refractivity contribution in [3.05, 3.63) is 82.0 Å². The molecule has 0 fully saturated rings. The number of carbonyl (C=O) groups excluding carboxylic acids is 1. The Kier molecular flexibility index (Phi) is 5.91. The molecule has 170 valence electrons. The number of benzene rings is 3. The highest BCUT2D eigenvalue weighted by Gasteiger charge is 2.21. The zero-order valence-electron chi connectivity index (χ0n) is 17.8. The van der Waals surface area contributed by atoms with Crippen LogP contribution in [0.1, 0.15) is 0 Å². The predicted molar refractivity (Wildman–Crippen MR) is 133 cm³/mol. The van der Waals surface area contributed by atoms with Crippen LogP contribution in [0.4, 0.5) is 5.13 Å². The third kappa shape index (κ3) is 4.21. The van der Waals surface area contributed by atoms with Gasteiger partial charge in [0.05, 0.1) is 28.3 Å². The van der Waals surface area contributed by atoms with Gasteiger partial charge in [-0.2, -0.15) is 0 Å². The van der Waals surface area contributed by atoms with Crippen LogP contribution in [0.15, 0.2) is 75.9 Å². The average molecular weight is 493 g/mol. The molecule has 0 atom stereocenters. The predicted octanol–water partition coefficient (Wildman–Crippen LogP) is 5.75. The lowest BCUT2D eigenvalue weighted by Crippen LogP contribution is -2.22. The molecule has 3 aromatic carbocycles. The van der Waals surface area contributed by atoms with Crippen molar-refractivity contribution in [3.63, 3.8) is 0 Å². The number of rotatable bonds is 6. The first kappa shape index (κ1) is 21.9. The van der Waals surface area contributed by atoms with E-state index in [1.807, 2.05) is 0 Å². The van der Waals surface area contributed by atoms with E-state index in [0.29, 0.717) is 32.4 Å². The summed E-state index contributed by atoms with van der Waals surface area (Å²) >= 11 is 7.31. The highest BCUT2D eigenvalue weighted by molar-refractivity contribution is 7.22. The molecule has 0 spiro atoms. The van der Waals surface area contributed by atoms with E-state index in [1.165, 1.54) is 18.4 Å². The van der Waals surface area contributed by atoms with Crippen molar-refractivity contribution >= 4 is 55.2 Å². The summed E-state index contributed by atoms with van der Waals surface area (Å²) < 4.78 is 18.1. The number of amides is 1. The van der Waals surface area contributed by atoms with Crippen LogP contribution in [-0.4, -0.2) is 24.6 Å². The average Bonchev–Trinajstić information content (AvgIpc) is 3.24. The third-order valence-corrected chi connectivity index (χ3v) is 6.22. The molecule has 5 rings (SSSR count). The maximum atomic E-state index is 13.3. The molecule has 0 saturated heterocycles. The third-order valence-electron chi connectivity index (χ3n) is 5.05. The Morgan fingerprint density at radius 2 is 1.91 bits per heavy atom. The number of nitrogens with one attached hydrogen (secondary N) is 1. The van der Waals surface area contributed by atoms with E-state index in [-0.39, 0.29) is 16.9 Å². The monoisotopic (exact) mass is 492 g/mol. The number of carbonyl (C=O) groups is 1. The number of halogens is 1. The summed E-state index contributed by atoms with van der Waals surface area (Å²) in [6.07, 6.45) is 0. The number of ether oxygens (including phenoxy) is 2. The van der Waals surface area contributed by atoms with Crippen molar-refractivity contribution in [2.75, 3.05) is 19.0 Å². The van der Waals surface area contributed by atoms with Crippen molar-refractivity contribution in [3.8, 4) is 22.8 Å². The summed E-state index contributed by atoms with van der Waals surface area (Å²) in [6.45, 7) is -0.415. The lowest BCUT2D eigenvalue weighted by atomic mass is 10.1. The second-order valence-electron chi connectivity index (χ2n) is 7.25. The summed E-state index contributed by atoms with van der Waals surface area (Å²) in [4.78, 5) is 30.3. The molecule has 0 bridgehead atoms. The molecule has 1 N–H and O–H groups in total. The van der Waals surface area contributed by atoms with E-state index in [9.17, 15) is 9.59 Å². The standard InChI is InChI=1S/C25H17ClN2O5S/c1-31-18-8-4-3-7-16(18)23-24(22(30)15-6-2-5-9-19(15)33-23)32-13-21(29)28-25-27-17-11-10-14(26)12-20(17)34-25/h2-12H,13H2,1H3,(H,27,28,29). The minimum Gasteiger partial charge on any atom is -0.496 e. The molecule has 0 aliphatic heterocycles. The number of thiazole rings is 1. The number of fused-ring (bicyclic) bond motifs is 2. The summed E-state index contributed by atoms with van der Waals surface area (Å²) in [5.41, 5.74) is 1.27. The van der Waals surface area contributed by atoms with Crippen LogP contribution in [-0.2, 0) is 4.79 Å². The first-order valence-electron chi connectivity index (χ1n) is 10.2. The first-order chi connectivity index (χ1) is 16.5. The van der Waals surface area contributed by atoms with Crippen LogP contribution < -0.4 is 20.2 Å². The molecule has 34 heavy (non-hydrogen) atoms. The fraction of sp³-hybridized carbons (Fsp3) is 0.0800. The highest BCUT2D eigenvalue weighted by Crippen LogP contribution is 2.36. The lowest BCUT2D eigenvalue weighted by Gasteiger charge is -2.13. The smallest absolute Gasteiger partial charge is 0.264 e. The summed E-state index contributed by atoms with van der Waals surface area (Å²) in [5.74, 6) is 0.144. The fourth-order valence-corrected chi connectivity index (χ4v) is 4.67. The van der Waals surface area contributed by atoms with Gasteiger partial charge in [-0.25, -0.2) is 4.98 Å². The van der Waals surface area contributed by atoms with Gasteiger partial charge in [0.1, 0.15) is 11.3 Å². The van der Waals surface area contributed by atoms with Gasteiger partial charge in [0.25, 0.3) is 5.91 Å². The van der Waals surface area contributed by atoms with Crippen molar-refractivity contribution < 1.29 is 18.7 Å². The zero-order valence-corrected chi connectivity index (χ0v) is 19.4. The molecule has 5 aromatic rings. The molecule has 2 heterocycles. The normalized spacial score (nSPS) is 11.0. The van der Waals surface area contributed by atoms with E-state index in [4.69, 9.17) is 25.5 Å². The number of nitrogens with zero attached hydrogens (tertiary/aromatic N) is 1. The van der Waals surface area contributed by atoms with E-state index in [1.54, 1.807) is 66.7 Å². The number of methoxy groups -OCH3 is 1. The van der Waals surface area contributed by atoms with Gasteiger partial charge in [-0.05, 0) is 42.5 Å². The molecule has 0 radical (unpaired) electrons. The van der Waals surface area contributed by atoms with Gasteiger partial charge >= 0.3 is 0 Å². The van der Waals surface area contributed by atoms with Crippen molar-refractivity contribution in [2.45, 2.75) is 0 Å². The van der Waals surface area contributed by atoms with E-state index < -0.39 is 12.5 Å². The van der Waals surface area contributed by atoms with E-state index in [0.717, 1.165) is 10.2 Å². The molecule has 0 unspecified atom stereocenters. The first-order valence-corrected chi connectivity index (χ1v) is 11.4. The summed E-state index contributed by atoms with van der Waals surface area (Å²) in [7, 11) is 1.52. The highest BCUT2D eigenvalue weighted by atomic mass is 35.5. The van der Waals surface area contributed by atoms with Gasteiger partial charge in [0.2, 0.25) is 11.2 Å². The summed E-state index contributed by atoms with van der Waals surface area (Å²) in [5, 5.41) is 4.04. The largest absolute Gasteiger partial charge is 0.496 e. The Balaban J connectivity index is 1.47. The Labute approximate surface area is 202 Å². The molecular formula is C25H17ClN2O5S. The van der Waals surface area contributed by atoms with Crippen LogP contribution in [0.3, 0.4) is 0 Å². The molecule has 1 amide bonds. The van der Waals surface area contributed by atoms with Crippen LogP contribution in [0, 0.1) is 0 Å². The Morgan fingerprint density at radius 3 is 2.76 bits per heavy atom. The number of hydrogen-bond acceptors (Lipinski definition) is 7. The number of anilines is 1. The Morgan fingerprint density at radius 1 is 1.12 bits per heavy atom. The van der Waals surface area contributed by atoms with Gasteiger partial charge in [0, 0.05) is 5.02 Å². The second-order valence-corrected chi connectivity index (χ2v) is 8.72. The minimum atomic E-state index is -0.469. The van der Waals surface area contributed by atoms with Gasteiger partial charge in [-0.1, -0.05) is 47.2 Å². The van der Waals surface area contributed by atoms with Crippen LogP contribution in [0.2, 0.25) is 5.02 Å². The van der Waals surface area contributed by atoms with Crippen molar-refractivity contribution in [2.24, 2.45) is 0 Å². The molecule has 0 saturated carbocycles. The quantitative estimate of drug-likeness (QED) is 0.324. The Hall–Kier alpha value is -3.88. The molecule has 9 heteroatoms. The number of hydrogen-bond donors (Lipinski definition) is 1. The minimum absolute atomic E-state index is 0.0746. The topological polar surface area (TPSA) is 90.7 Å². The molecule has 7 nitrogen and oxygen atoms in total. The fourth-order valence-electron chi connectivity index (χ4n) is 3.51. The van der Waals surface area contributed by atoms with Crippen molar-refractivity contribution in [1.29, 1.82) is 0 Å². The maximum Gasteiger partial charge on any atom is 0.264 e. The Bertz CT molecular complexity index is 1590. The second kappa shape index (κ2) is 9.17. The zero-order chi connectivity index (χ0) is 23.7. The molecule has 2 aromatic heterocycles. The van der Waals surface area contributed by atoms with Gasteiger partial charge in [0.15, 0.2) is 17.5 Å². The van der Waals surface area contributed by atoms with Gasteiger partial charge < -0.3 is 13.9 Å². The lowest BCUT2D eigenvalue weighted by molar-refractivity contribution is -0.118. The number of para-hydroxylation sites is 2. The van der Waals surface area contributed by atoms with Crippen LogP contribution in [0.25, 0.3) is 32.5 Å². The number of aromatic nitrogens is 1. The van der Waals surface area contributed by atoms with Gasteiger partial charge in [-0.15, -0.1) is 0 Å².